The van der Waals surface area contributed by atoms with Crippen LogP contribution in [0.4, 0.5) is 5.69 Å². The van der Waals surface area contributed by atoms with E-state index >= 15 is 0 Å². The third-order valence-corrected chi connectivity index (χ3v) is 7.54. The summed E-state index contributed by atoms with van der Waals surface area (Å²) < 4.78 is 9.37. The van der Waals surface area contributed by atoms with Crippen molar-refractivity contribution < 1.29 is 9.53 Å². The third-order valence-electron chi connectivity index (χ3n) is 3.42. The number of carbonyl (C=O) groups is 1. The first-order valence-corrected chi connectivity index (χ1v) is 11.0. The minimum absolute atomic E-state index is 0.174. The molecular weight excluding hydrogens is 564 g/mol. The molecule has 140 valence electrons. The van der Waals surface area contributed by atoms with Crippen molar-refractivity contribution >= 4 is 71.1 Å². The number of benzene rings is 2. The number of aromatic nitrogens is 3. The molecule has 3 rings (SSSR count). The zero-order chi connectivity index (χ0) is 19.4. The predicted molar refractivity (Wildman–Crippen MR) is 117 cm³/mol. The second-order valence-corrected chi connectivity index (χ2v) is 8.59. The van der Waals surface area contributed by atoms with Crippen molar-refractivity contribution in [1.82, 2.24) is 14.8 Å². The van der Waals surface area contributed by atoms with Gasteiger partial charge in [0.25, 0.3) is 0 Å². The lowest BCUT2D eigenvalue weighted by atomic mass is 10.3. The SMILES string of the molecule is COc1c(NC(=O)CSc2ncn(-c3ccccc3)n2)cc(Br)c(Br)c1Br. The number of nitrogens with zero attached hydrogens (tertiary/aromatic N) is 3. The van der Waals surface area contributed by atoms with Crippen LogP contribution in [0.2, 0.25) is 0 Å². The van der Waals surface area contributed by atoms with Crippen LogP contribution in [0.25, 0.3) is 5.69 Å². The number of nitrogens with one attached hydrogen (secondary N) is 1. The number of amides is 1. The molecule has 0 radical (unpaired) electrons. The number of rotatable bonds is 6. The van der Waals surface area contributed by atoms with Crippen LogP contribution in [-0.2, 0) is 4.79 Å². The molecule has 1 N–H and O–H groups in total. The Labute approximate surface area is 185 Å². The zero-order valence-corrected chi connectivity index (χ0v) is 19.5. The van der Waals surface area contributed by atoms with E-state index in [2.05, 4.69) is 63.2 Å². The fourth-order valence-electron chi connectivity index (χ4n) is 2.21. The summed E-state index contributed by atoms with van der Waals surface area (Å²) in [6, 6.07) is 11.4. The van der Waals surface area contributed by atoms with Gasteiger partial charge in [0.15, 0.2) is 5.75 Å². The van der Waals surface area contributed by atoms with Crippen molar-refractivity contribution in [3.63, 3.8) is 0 Å². The van der Waals surface area contributed by atoms with Crippen molar-refractivity contribution in [2.45, 2.75) is 5.16 Å². The number of ether oxygens (including phenoxy) is 1. The van der Waals surface area contributed by atoms with Crippen LogP contribution in [0.5, 0.6) is 5.75 Å². The monoisotopic (exact) mass is 574 g/mol. The smallest absolute Gasteiger partial charge is 0.234 e. The maximum absolute atomic E-state index is 12.3. The minimum Gasteiger partial charge on any atom is -0.493 e. The second-order valence-electron chi connectivity index (χ2n) is 5.21. The van der Waals surface area contributed by atoms with Gasteiger partial charge in [-0.2, -0.15) is 0 Å². The fraction of sp³-hybridized carbons (Fsp3) is 0.118. The number of anilines is 1. The third kappa shape index (κ3) is 4.92. The molecule has 0 aliphatic carbocycles. The molecule has 0 unspecified atom stereocenters. The fourth-order valence-corrected chi connectivity index (χ4v) is 4.38. The largest absolute Gasteiger partial charge is 0.493 e. The standard InChI is InChI=1S/C17H13Br3N4O2S/c1-26-16-12(7-11(18)14(19)15(16)20)22-13(25)8-27-17-21-9-24(23-17)10-5-3-2-4-6-10/h2-7,9H,8H2,1H3,(H,22,25). The van der Waals surface area contributed by atoms with Gasteiger partial charge in [0.05, 0.1) is 28.7 Å². The number of methoxy groups -OCH3 is 1. The normalized spacial score (nSPS) is 10.7. The average molecular weight is 577 g/mol. The van der Waals surface area contributed by atoms with E-state index in [0.29, 0.717) is 21.1 Å². The van der Waals surface area contributed by atoms with E-state index in [1.54, 1.807) is 24.2 Å². The summed E-state index contributed by atoms with van der Waals surface area (Å²) in [4.78, 5) is 16.6. The summed E-state index contributed by atoms with van der Waals surface area (Å²) >= 11 is 11.6. The summed E-state index contributed by atoms with van der Waals surface area (Å²) in [5.41, 5.74) is 1.48. The topological polar surface area (TPSA) is 69.0 Å². The Morgan fingerprint density at radius 3 is 2.67 bits per heavy atom. The highest BCUT2D eigenvalue weighted by molar-refractivity contribution is 9.14. The molecule has 10 heteroatoms. The van der Waals surface area contributed by atoms with Crippen molar-refractivity contribution in [3.05, 3.63) is 56.1 Å². The van der Waals surface area contributed by atoms with Gasteiger partial charge < -0.3 is 10.1 Å². The van der Waals surface area contributed by atoms with Gasteiger partial charge in [0.1, 0.15) is 6.33 Å². The summed E-state index contributed by atoms with van der Waals surface area (Å²) in [6.07, 6.45) is 1.63. The quantitative estimate of drug-likeness (QED) is 0.319. The number of hydrogen-bond donors (Lipinski definition) is 1. The van der Waals surface area contributed by atoms with E-state index in [9.17, 15) is 4.79 Å². The summed E-state index contributed by atoms with van der Waals surface area (Å²) in [5.74, 6) is 0.526. The first-order valence-electron chi connectivity index (χ1n) is 7.61. The molecule has 0 spiro atoms. The zero-order valence-electron chi connectivity index (χ0n) is 13.9. The van der Waals surface area contributed by atoms with Gasteiger partial charge in [-0.1, -0.05) is 30.0 Å². The van der Waals surface area contributed by atoms with Gasteiger partial charge in [0, 0.05) is 8.95 Å². The molecule has 0 aliphatic heterocycles. The lowest BCUT2D eigenvalue weighted by Crippen LogP contribution is -2.15. The van der Waals surface area contributed by atoms with Crippen LogP contribution < -0.4 is 10.1 Å². The van der Waals surface area contributed by atoms with Gasteiger partial charge in [0.2, 0.25) is 11.1 Å². The Kier molecular flexibility index (Phi) is 6.96. The van der Waals surface area contributed by atoms with Gasteiger partial charge in [-0.3, -0.25) is 4.79 Å². The first-order chi connectivity index (χ1) is 13.0. The highest BCUT2D eigenvalue weighted by atomic mass is 79.9. The molecule has 1 aromatic heterocycles. The molecule has 6 nitrogen and oxygen atoms in total. The van der Waals surface area contributed by atoms with Crippen molar-refractivity contribution in [3.8, 4) is 11.4 Å². The van der Waals surface area contributed by atoms with E-state index in [1.165, 1.54) is 11.8 Å². The lowest BCUT2D eigenvalue weighted by Gasteiger charge is -2.14. The molecule has 3 aromatic rings. The Morgan fingerprint density at radius 2 is 1.96 bits per heavy atom. The second kappa shape index (κ2) is 9.22. The molecule has 27 heavy (non-hydrogen) atoms. The molecule has 0 atom stereocenters. The average Bonchev–Trinajstić information content (AvgIpc) is 3.15. The summed E-state index contributed by atoms with van der Waals surface area (Å²) in [5, 5.41) is 7.75. The van der Waals surface area contributed by atoms with Gasteiger partial charge in [-0.25, -0.2) is 9.67 Å². The van der Waals surface area contributed by atoms with Gasteiger partial charge >= 0.3 is 0 Å². The Hall–Kier alpha value is -1.36. The van der Waals surface area contributed by atoms with Crippen molar-refractivity contribution in [1.29, 1.82) is 0 Å². The number of carbonyl (C=O) groups excluding carboxylic acids is 1. The Bertz CT molecular complexity index is 966. The highest BCUT2D eigenvalue weighted by Gasteiger charge is 2.17. The summed E-state index contributed by atoms with van der Waals surface area (Å²) in [6.45, 7) is 0. The molecular formula is C17H13Br3N4O2S. The molecule has 0 saturated heterocycles. The Morgan fingerprint density at radius 1 is 1.22 bits per heavy atom. The number of thioether (sulfide) groups is 1. The van der Waals surface area contributed by atoms with Crippen LogP contribution in [0.3, 0.4) is 0 Å². The highest BCUT2D eigenvalue weighted by Crippen LogP contribution is 2.43. The van der Waals surface area contributed by atoms with Gasteiger partial charge in [-0.05, 0) is 66.0 Å². The van der Waals surface area contributed by atoms with Crippen molar-refractivity contribution in [2.24, 2.45) is 0 Å². The maximum atomic E-state index is 12.3. The number of para-hydroxylation sites is 1. The van der Waals surface area contributed by atoms with E-state index in [1.807, 2.05) is 30.3 Å². The molecule has 1 heterocycles. The number of halogens is 3. The molecule has 1 amide bonds. The van der Waals surface area contributed by atoms with E-state index in [-0.39, 0.29) is 11.7 Å². The van der Waals surface area contributed by atoms with E-state index in [0.717, 1.165) is 14.6 Å². The molecule has 0 saturated carbocycles. The molecule has 0 bridgehead atoms. The molecule has 2 aromatic carbocycles. The van der Waals surface area contributed by atoms with E-state index < -0.39 is 0 Å². The van der Waals surface area contributed by atoms with Crippen LogP contribution in [-0.4, -0.2) is 33.5 Å². The Balaban J connectivity index is 1.65. The first kappa shape index (κ1) is 20.4. The van der Waals surface area contributed by atoms with Gasteiger partial charge in [-0.15, -0.1) is 5.10 Å². The van der Waals surface area contributed by atoms with Crippen molar-refractivity contribution in [2.75, 3.05) is 18.2 Å². The number of hydrogen-bond acceptors (Lipinski definition) is 5. The minimum atomic E-state index is -0.185. The van der Waals surface area contributed by atoms with Crippen LogP contribution in [0, 0.1) is 0 Å². The molecule has 0 fully saturated rings. The summed E-state index contributed by atoms with van der Waals surface area (Å²) in [7, 11) is 1.55. The van der Waals surface area contributed by atoms with Crippen LogP contribution in [0.1, 0.15) is 0 Å². The van der Waals surface area contributed by atoms with E-state index in [4.69, 9.17) is 4.74 Å². The maximum Gasteiger partial charge on any atom is 0.234 e. The van der Waals surface area contributed by atoms with Crippen LogP contribution in [0.15, 0.2) is 61.3 Å². The lowest BCUT2D eigenvalue weighted by molar-refractivity contribution is -0.113. The molecule has 0 aliphatic rings. The van der Waals surface area contributed by atoms with Crippen LogP contribution >= 0.6 is 59.6 Å². The predicted octanol–water partition coefficient (Wildman–Crippen LogP) is 5.29.